The average molecular weight is 323 g/mol. The van der Waals surface area contributed by atoms with E-state index in [-0.39, 0.29) is 10.8 Å². The summed E-state index contributed by atoms with van der Waals surface area (Å²) in [5, 5.41) is 0.520. The molecule has 2 atom stereocenters. The first-order chi connectivity index (χ1) is 9.79. The molecule has 0 saturated carbocycles. The van der Waals surface area contributed by atoms with Crippen LogP contribution in [0.15, 0.2) is 30.5 Å². The van der Waals surface area contributed by atoms with Crippen molar-refractivity contribution in [2.75, 3.05) is 5.73 Å². The fourth-order valence-corrected chi connectivity index (χ4v) is 3.56. The summed E-state index contributed by atoms with van der Waals surface area (Å²) in [6, 6.07) is 7.91. The highest BCUT2D eigenvalue weighted by molar-refractivity contribution is 7.90. The number of anilines is 1. The van der Waals surface area contributed by atoms with Crippen LogP contribution < -0.4 is 10.5 Å². The molecule has 0 aliphatic heterocycles. The first-order valence-corrected chi connectivity index (χ1v) is 8.70. The summed E-state index contributed by atoms with van der Waals surface area (Å²) < 4.78 is 15.4. The van der Waals surface area contributed by atoms with E-state index >= 15 is 0 Å². The second-order valence-electron chi connectivity index (χ2n) is 5.89. The van der Waals surface area contributed by atoms with Gasteiger partial charge in [0.15, 0.2) is 5.13 Å². The minimum atomic E-state index is -1.18. The van der Waals surface area contributed by atoms with Gasteiger partial charge in [-0.1, -0.05) is 24.3 Å². The summed E-state index contributed by atoms with van der Waals surface area (Å²) in [4.78, 5) is 5.09. The number of hydrogen-bond acceptors (Lipinski definition) is 5. The van der Waals surface area contributed by atoms with Gasteiger partial charge in [0.05, 0.1) is 4.88 Å². The van der Waals surface area contributed by atoms with Gasteiger partial charge in [0.25, 0.3) is 0 Å². The Morgan fingerprint density at radius 1 is 1.33 bits per heavy atom. The molecule has 2 aromatic rings. The van der Waals surface area contributed by atoms with Crippen LogP contribution in [0.25, 0.3) is 0 Å². The van der Waals surface area contributed by atoms with Crippen molar-refractivity contribution in [3.63, 3.8) is 0 Å². The van der Waals surface area contributed by atoms with Crippen molar-refractivity contribution in [3.8, 4) is 0 Å². The standard InChI is InChI=1S/C15H21N3OS2/c1-10-7-5-6-8-11(10)13(12-9-17-14(16)20-12)18-21(19)15(2,3)4/h5-9,13,18H,1-4H3,(H2,16,17)/t13-,21?/m0/s1. The normalized spacial score (nSPS) is 14.9. The van der Waals surface area contributed by atoms with Gasteiger partial charge >= 0.3 is 0 Å². The van der Waals surface area contributed by atoms with Gasteiger partial charge in [0.2, 0.25) is 0 Å². The Morgan fingerprint density at radius 3 is 2.52 bits per heavy atom. The molecule has 21 heavy (non-hydrogen) atoms. The highest BCUT2D eigenvalue weighted by Crippen LogP contribution is 2.31. The van der Waals surface area contributed by atoms with E-state index in [9.17, 15) is 4.55 Å². The van der Waals surface area contributed by atoms with Crippen molar-refractivity contribution < 1.29 is 4.55 Å². The van der Waals surface area contributed by atoms with E-state index in [1.807, 2.05) is 39.0 Å². The monoisotopic (exact) mass is 323 g/mol. The van der Waals surface area contributed by atoms with Gasteiger partial charge in [0, 0.05) is 17.6 Å². The Balaban J connectivity index is 2.38. The second-order valence-corrected chi connectivity index (χ2v) is 8.98. The lowest BCUT2D eigenvalue weighted by atomic mass is 10.0. The van der Waals surface area contributed by atoms with Crippen LogP contribution in [0, 0.1) is 6.92 Å². The zero-order valence-corrected chi connectivity index (χ0v) is 14.3. The molecule has 0 aliphatic rings. The Kier molecular flexibility index (Phi) is 4.93. The lowest BCUT2D eigenvalue weighted by Gasteiger charge is -2.28. The van der Waals surface area contributed by atoms with Gasteiger partial charge in [0.1, 0.15) is 10.8 Å². The topological polar surface area (TPSA) is 74.0 Å². The maximum Gasteiger partial charge on any atom is 0.180 e. The number of thiazole rings is 1. The average Bonchev–Trinajstić information content (AvgIpc) is 2.82. The third-order valence-electron chi connectivity index (χ3n) is 3.11. The number of benzene rings is 1. The summed E-state index contributed by atoms with van der Waals surface area (Å²) in [7, 11) is 0. The number of aromatic nitrogens is 1. The first-order valence-electron chi connectivity index (χ1n) is 6.74. The number of nitrogens with one attached hydrogen (secondary N) is 1. The number of rotatable bonds is 4. The van der Waals surface area contributed by atoms with Crippen LogP contribution in [0.1, 0.15) is 42.8 Å². The fourth-order valence-electron chi connectivity index (χ4n) is 1.90. The molecular formula is C15H21N3OS2. The molecule has 1 aromatic carbocycles. The summed E-state index contributed by atoms with van der Waals surface area (Å²) >= 11 is 0.242. The van der Waals surface area contributed by atoms with Crippen LogP contribution >= 0.6 is 11.3 Å². The van der Waals surface area contributed by atoms with Crippen molar-refractivity contribution in [2.45, 2.75) is 38.5 Å². The number of nitrogen functional groups attached to an aromatic ring is 1. The summed E-state index contributed by atoms with van der Waals surface area (Å²) in [6.07, 6.45) is 1.75. The van der Waals surface area contributed by atoms with Crippen molar-refractivity contribution >= 4 is 27.8 Å². The van der Waals surface area contributed by atoms with Crippen molar-refractivity contribution in [1.29, 1.82) is 0 Å². The SMILES string of the molecule is Cc1ccccc1[C@H](N[S+]([O-])C(C)(C)C)c1cnc(N)s1. The van der Waals surface area contributed by atoms with Crippen LogP contribution in [0.3, 0.4) is 0 Å². The molecule has 0 spiro atoms. The molecule has 0 radical (unpaired) electrons. The van der Waals surface area contributed by atoms with E-state index in [1.54, 1.807) is 6.20 Å². The van der Waals surface area contributed by atoms with Gasteiger partial charge in [-0.2, -0.15) is 0 Å². The number of nitrogens with two attached hydrogens (primary N) is 1. The fraction of sp³-hybridized carbons (Fsp3) is 0.400. The Morgan fingerprint density at radius 2 is 2.00 bits per heavy atom. The number of nitrogens with zero attached hydrogens (tertiary/aromatic N) is 1. The van der Waals surface area contributed by atoms with Gasteiger partial charge < -0.3 is 10.3 Å². The molecule has 6 heteroatoms. The Hall–Kier alpha value is -1.08. The van der Waals surface area contributed by atoms with Crippen LogP contribution in [-0.2, 0) is 11.4 Å². The minimum absolute atomic E-state index is 0.166. The highest BCUT2D eigenvalue weighted by Gasteiger charge is 2.31. The lowest BCUT2D eigenvalue weighted by molar-refractivity contribution is 0.536. The largest absolute Gasteiger partial charge is 0.598 e. The maximum absolute atomic E-state index is 12.5. The Bertz CT molecular complexity index is 607. The van der Waals surface area contributed by atoms with E-state index in [0.717, 1.165) is 16.0 Å². The van der Waals surface area contributed by atoms with E-state index in [4.69, 9.17) is 5.73 Å². The zero-order valence-electron chi connectivity index (χ0n) is 12.7. The number of aryl methyl sites for hydroxylation is 1. The van der Waals surface area contributed by atoms with E-state index in [0.29, 0.717) is 5.13 Å². The molecule has 0 bridgehead atoms. The lowest BCUT2D eigenvalue weighted by Crippen LogP contribution is -2.41. The quantitative estimate of drug-likeness (QED) is 0.848. The Labute approximate surface area is 133 Å². The molecular weight excluding hydrogens is 302 g/mol. The summed E-state index contributed by atoms with van der Waals surface area (Å²) in [5.74, 6) is 0. The van der Waals surface area contributed by atoms with Crippen molar-refractivity contribution in [2.24, 2.45) is 0 Å². The molecule has 1 aromatic heterocycles. The zero-order chi connectivity index (χ0) is 15.6. The molecule has 2 rings (SSSR count). The third-order valence-corrected chi connectivity index (χ3v) is 5.56. The smallest absolute Gasteiger partial charge is 0.180 e. The van der Waals surface area contributed by atoms with Gasteiger partial charge in [-0.25, -0.2) is 4.98 Å². The van der Waals surface area contributed by atoms with E-state index < -0.39 is 11.4 Å². The molecule has 4 nitrogen and oxygen atoms in total. The van der Waals surface area contributed by atoms with E-state index in [1.165, 1.54) is 11.3 Å². The van der Waals surface area contributed by atoms with Gasteiger partial charge in [-0.05, 0) is 38.8 Å². The maximum atomic E-state index is 12.5. The molecule has 1 heterocycles. The first kappa shape index (κ1) is 16.3. The molecule has 1 unspecified atom stereocenters. The van der Waals surface area contributed by atoms with Crippen LogP contribution in [0.5, 0.6) is 0 Å². The summed E-state index contributed by atoms with van der Waals surface area (Å²) in [6.45, 7) is 7.90. The number of hydrogen-bond donors (Lipinski definition) is 2. The van der Waals surface area contributed by atoms with Crippen LogP contribution in [-0.4, -0.2) is 14.3 Å². The minimum Gasteiger partial charge on any atom is -0.598 e. The molecule has 0 amide bonds. The third kappa shape index (κ3) is 3.97. The predicted molar refractivity (Wildman–Crippen MR) is 90.6 cm³/mol. The van der Waals surface area contributed by atoms with Crippen molar-refractivity contribution in [1.82, 2.24) is 9.71 Å². The molecule has 114 valence electrons. The van der Waals surface area contributed by atoms with Gasteiger partial charge in [-0.15, -0.1) is 16.1 Å². The highest BCUT2D eigenvalue weighted by atomic mass is 32.2. The second kappa shape index (κ2) is 6.36. The molecule has 0 aliphatic carbocycles. The molecule has 0 fully saturated rings. The molecule has 0 saturated heterocycles. The van der Waals surface area contributed by atoms with Crippen LogP contribution in [0.2, 0.25) is 0 Å². The predicted octanol–water partition coefficient (Wildman–Crippen LogP) is 3.17. The molecule has 3 N–H and O–H groups in total. The van der Waals surface area contributed by atoms with Gasteiger partial charge in [-0.3, -0.25) is 0 Å². The van der Waals surface area contributed by atoms with E-state index in [2.05, 4.69) is 22.7 Å². The van der Waals surface area contributed by atoms with Crippen LogP contribution in [0.4, 0.5) is 5.13 Å². The summed E-state index contributed by atoms with van der Waals surface area (Å²) in [5.41, 5.74) is 8.00. The van der Waals surface area contributed by atoms with Crippen molar-refractivity contribution in [3.05, 3.63) is 46.5 Å².